The molecule has 0 fully saturated rings. The zero-order valence-corrected chi connectivity index (χ0v) is 24.9. The molecule has 13 heteroatoms. The number of hydrogen-bond donors (Lipinski definition) is 4. The van der Waals surface area contributed by atoms with Gasteiger partial charge in [-0.15, -0.1) is 0 Å². The quantitative estimate of drug-likeness (QED) is 0.103. The average molecular weight is 607 g/mol. The van der Waals surface area contributed by atoms with E-state index < -0.39 is 30.2 Å². The first kappa shape index (κ1) is 31.6. The molecule has 0 saturated carbocycles. The van der Waals surface area contributed by atoms with Gasteiger partial charge >= 0.3 is 18.0 Å². The molecule has 0 radical (unpaired) electrons. The molecule has 44 heavy (non-hydrogen) atoms. The highest BCUT2D eigenvalue weighted by Gasteiger charge is 2.32. The lowest BCUT2D eigenvalue weighted by Crippen LogP contribution is -2.45. The summed E-state index contributed by atoms with van der Waals surface area (Å²) in [5.41, 5.74) is 5.68. The summed E-state index contributed by atoms with van der Waals surface area (Å²) in [6.45, 7) is 5.36. The van der Waals surface area contributed by atoms with Crippen molar-refractivity contribution in [2.45, 2.75) is 33.0 Å². The summed E-state index contributed by atoms with van der Waals surface area (Å²) in [4.78, 5) is 36.6. The Morgan fingerprint density at radius 1 is 1.07 bits per heavy atom. The molecule has 4 N–H and O–H groups in total. The molecule has 0 spiro atoms. The fraction of sp³-hybridized carbons (Fsp3) is 0.290. The molecular weight excluding hydrogens is 572 g/mol. The molecule has 2 aromatic carbocycles. The first-order valence-corrected chi connectivity index (χ1v) is 13.7. The Labute approximate surface area is 253 Å². The molecule has 0 bridgehead atoms. The number of nitrogens with one attached hydrogen (secondary N) is 3. The smallest absolute Gasteiger partial charge is 0.338 e. The maximum absolute atomic E-state index is 12.4. The Balaban J connectivity index is 1.40. The normalized spacial score (nSPS) is 15.3. The van der Waals surface area contributed by atoms with Crippen molar-refractivity contribution in [3.8, 4) is 22.8 Å². The van der Waals surface area contributed by atoms with E-state index in [9.17, 15) is 19.5 Å². The largest absolute Gasteiger partial charge is 0.490 e. The number of ether oxygens (including phenoxy) is 4. The first-order valence-electron chi connectivity index (χ1n) is 13.7. The van der Waals surface area contributed by atoms with Crippen molar-refractivity contribution in [1.29, 1.82) is 0 Å². The lowest BCUT2D eigenvalue weighted by atomic mass is 9.95. The predicted octanol–water partition coefficient (Wildman–Crippen LogP) is 3.56. The van der Waals surface area contributed by atoms with E-state index in [2.05, 4.69) is 21.2 Å². The summed E-state index contributed by atoms with van der Waals surface area (Å²) in [7, 11) is 2.60. The SMILES string of the molecule is CCOc1cc([C@@H]2NC(=O)NC(C)=C2C(=O)OC)ccc1OC[C@H](O)N/N=C\c1ccc(-c2cccc(C(=O)OC)c2C)o1. The summed E-state index contributed by atoms with van der Waals surface area (Å²) in [6.07, 6.45) is 0.211. The van der Waals surface area contributed by atoms with Gasteiger partial charge in [-0.25, -0.2) is 14.4 Å². The number of rotatable bonds is 12. The van der Waals surface area contributed by atoms with Crippen LogP contribution in [0.2, 0.25) is 0 Å². The topological polar surface area (TPSA) is 170 Å². The van der Waals surface area contributed by atoms with Crippen molar-refractivity contribution in [3.63, 3.8) is 0 Å². The third-order valence-corrected chi connectivity index (χ3v) is 6.72. The van der Waals surface area contributed by atoms with Gasteiger partial charge in [-0.3, -0.25) is 5.43 Å². The van der Waals surface area contributed by atoms with Gasteiger partial charge in [-0.05, 0) is 62.2 Å². The number of benzene rings is 2. The van der Waals surface area contributed by atoms with Crippen molar-refractivity contribution in [2.24, 2.45) is 5.10 Å². The second kappa shape index (κ2) is 14.2. The molecule has 1 aliphatic heterocycles. The molecule has 3 aromatic rings. The molecule has 2 amide bonds. The zero-order chi connectivity index (χ0) is 31.8. The van der Waals surface area contributed by atoms with Crippen molar-refractivity contribution >= 4 is 24.2 Å². The predicted molar refractivity (Wildman–Crippen MR) is 159 cm³/mol. The minimum absolute atomic E-state index is 0.184. The summed E-state index contributed by atoms with van der Waals surface area (Å²) in [5.74, 6) is 0.628. The minimum atomic E-state index is -1.19. The fourth-order valence-corrected chi connectivity index (χ4v) is 4.61. The van der Waals surface area contributed by atoms with Crippen molar-refractivity contribution in [2.75, 3.05) is 27.4 Å². The van der Waals surface area contributed by atoms with E-state index in [1.807, 2.05) is 13.0 Å². The van der Waals surface area contributed by atoms with Crippen molar-refractivity contribution in [3.05, 3.63) is 82.3 Å². The van der Waals surface area contributed by atoms with Crippen molar-refractivity contribution < 1.29 is 42.9 Å². The third kappa shape index (κ3) is 7.18. The molecule has 0 unspecified atom stereocenters. The van der Waals surface area contributed by atoms with Crippen LogP contribution in [0, 0.1) is 6.92 Å². The fourth-order valence-electron chi connectivity index (χ4n) is 4.61. The number of hydrazone groups is 1. The number of hydrogen-bond acceptors (Lipinski definition) is 11. The molecule has 13 nitrogen and oxygen atoms in total. The van der Waals surface area contributed by atoms with Gasteiger partial charge in [0.15, 0.2) is 17.7 Å². The van der Waals surface area contributed by atoms with Crippen LogP contribution in [0.25, 0.3) is 11.3 Å². The number of carbonyl (C=O) groups is 3. The lowest BCUT2D eigenvalue weighted by Gasteiger charge is -2.28. The van der Waals surface area contributed by atoms with E-state index in [4.69, 9.17) is 23.4 Å². The van der Waals surface area contributed by atoms with Crippen LogP contribution in [0.5, 0.6) is 11.5 Å². The van der Waals surface area contributed by atoms with Crippen LogP contribution in [-0.2, 0) is 14.3 Å². The highest BCUT2D eigenvalue weighted by molar-refractivity contribution is 5.95. The van der Waals surface area contributed by atoms with Crippen molar-refractivity contribution in [1.82, 2.24) is 16.1 Å². The van der Waals surface area contributed by atoms with Gasteiger partial charge in [-0.2, -0.15) is 5.10 Å². The number of furan rings is 1. The molecule has 232 valence electrons. The van der Waals surface area contributed by atoms with E-state index >= 15 is 0 Å². The number of aliphatic hydroxyl groups is 1. The van der Waals surface area contributed by atoms with Gasteiger partial charge in [0.05, 0.1) is 44.2 Å². The van der Waals surface area contributed by atoms with E-state index in [1.165, 1.54) is 20.4 Å². The van der Waals surface area contributed by atoms with Crippen LogP contribution >= 0.6 is 0 Å². The highest BCUT2D eigenvalue weighted by Crippen LogP contribution is 2.35. The monoisotopic (exact) mass is 606 g/mol. The van der Waals surface area contributed by atoms with Crippen LogP contribution in [0.1, 0.15) is 47.1 Å². The average Bonchev–Trinajstić information content (AvgIpc) is 3.48. The maximum atomic E-state index is 12.4. The Hall–Kier alpha value is -5.30. The zero-order valence-electron chi connectivity index (χ0n) is 24.9. The maximum Gasteiger partial charge on any atom is 0.338 e. The van der Waals surface area contributed by atoms with Crippen LogP contribution in [0.4, 0.5) is 4.79 Å². The van der Waals surface area contributed by atoms with Gasteiger partial charge in [0.2, 0.25) is 0 Å². The van der Waals surface area contributed by atoms with Gasteiger partial charge < -0.3 is 39.1 Å². The Morgan fingerprint density at radius 3 is 2.57 bits per heavy atom. The van der Waals surface area contributed by atoms with Crippen LogP contribution < -0.4 is 25.5 Å². The molecule has 2 atom stereocenters. The summed E-state index contributed by atoms with van der Waals surface area (Å²) < 4.78 is 27.1. The summed E-state index contributed by atoms with van der Waals surface area (Å²) >= 11 is 0. The molecule has 0 saturated heterocycles. The Bertz CT molecular complexity index is 1590. The highest BCUT2D eigenvalue weighted by atomic mass is 16.5. The van der Waals surface area contributed by atoms with Gasteiger partial charge in [0.25, 0.3) is 0 Å². The van der Waals surface area contributed by atoms with Gasteiger partial charge in [0.1, 0.15) is 18.1 Å². The Kier molecular flexibility index (Phi) is 10.2. The molecule has 1 aliphatic rings. The summed E-state index contributed by atoms with van der Waals surface area (Å²) in [6, 6.07) is 12.5. The van der Waals surface area contributed by atoms with E-state index in [1.54, 1.807) is 56.3 Å². The number of urea groups is 1. The van der Waals surface area contributed by atoms with E-state index in [-0.39, 0.29) is 12.2 Å². The second-order valence-electron chi connectivity index (χ2n) is 9.59. The molecular formula is C31H34N4O9. The number of carbonyl (C=O) groups excluding carboxylic acids is 3. The van der Waals surface area contributed by atoms with Gasteiger partial charge in [-0.1, -0.05) is 18.2 Å². The first-order chi connectivity index (χ1) is 21.2. The van der Waals surface area contributed by atoms with Crippen LogP contribution in [0.15, 0.2) is 69.3 Å². The molecule has 2 heterocycles. The number of nitrogens with zero attached hydrogens (tertiary/aromatic N) is 1. The van der Waals surface area contributed by atoms with E-state index in [0.717, 1.165) is 11.1 Å². The number of allylic oxidation sites excluding steroid dienone is 1. The number of amides is 2. The molecule has 0 aliphatic carbocycles. The lowest BCUT2D eigenvalue weighted by molar-refractivity contribution is -0.136. The molecule has 4 rings (SSSR count). The van der Waals surface area contributed by atoms with Crippen LogP contribution in [0.3, 0.4) is 0 Å². The number of methoxy groups -OCH3 is 2. The second-order valence-corrected chi connectivity index (χ2v) is 9.59. The Morgan fingerprint density at radius 2 is 1.84 bits per heavy atom. The van der Waals surface area contributed by atoms with Crippen LogP contribution in [-0.4, -0.2) is 63.0 Å². The standard InChI is InChI=1S/C31H34N4O9/c1-6-42-25-14-19(28-27(30(38)41-5)18(3)33-31(39)34-28)10-12-24(25)43-16-26(36)35-32-15-20-11-13-23(44-20)21-8-7-9-22(17(21)2)29(37)40-4/h7-15,26,28,35-36H,6,16H2,1-5H3,(H2,33,34,39)/b32-15-/t26-,28-/m0/s1. The minimum Gasteiger partial charge on any atom is -0.490 e. The summed E-state index contributed by atoms with van der Waals surface area (Å²) in [5, 5.41) is 19.7. The third-order valence-electron chi connectivity index (χ3n) is 6.72. The van der Waals surface area contributed by atoms with E-state index in [0.29, 0.717) is 46.5 Å². The number of esters is 2. The molecule has 1 aromatic heterocycles. The number of aliphatic hydroxyl groups excluding tert-OH is 1. The van der Waals surface area contributed by atoms with Gasteiger partial charge in [0, 0.05) is 11.3 Å².